The molecule has 3 N–H and O–H groups in total. The molecule has 0 bridgehead atoms. The number of rotatable bonds is 4. The van der Waals surface area contributed by atoms with Gasteiger partial charge in [-0.3, -0.25) is 14.4 Å². The SMILES string of the molecule is O=C(CCC1NC(=O)c2ccccc2NC1=O)NC1CCS(=O)(=O)C1. The lowest BCUT2D eigenvalue weighted by Crippen LogP contribution is -2.42. The number of amides is 3. The van der Waals surface area contributed by atoms with E-state index in [2.05, 4.69) is 16.0 Å². The zero-order valence-corrected chi connectivity index (χ0v) is 14.3. The molecule has 134 valence electrons. The number of hydrogen-bond donors (Lipinski definition) is 3. The second-order valence-corrected chi connectivity index (χ2v) is 8.50. The van der Waals surface area contributed by atoms with Crippen LogP contribution in [-0.2, 0) is 19.4 Å². The molecule has 0 spiro atoms. The average molecular weight is 365 g/mol. The molecule has 25 heavy (non-hydrogen) atoms. The Morgan fingerprint density at radius 2 is 2.00 bits per heavy atom. The fourth-order valence-corrected chi connectivity index (χ4v) is 4.67. The van der Waals surface area contributed by atoms with Gasteiger partial charge in [0.1, 0.15) is 6.04 Å². The van der Waals surface area contributed by atoms with E-state index in [1.807, 2.05) is 0 Å². The van der Waals surface area contributed by atoms with Crippen LogP contribution >= 0.6 is 0 Å². The molecule has 1 fully saturated rings. The maximum Gasteiger partial charge on any atom is 0.254 e. The van der Waals surface area contributed by atoms with Gasteiger partial charge in [0.05, 0.1) is 22.8 Å². The highest BCUT2D eigenvalue weighted by Crippen LogP contribution is 2.19. The number of para-hydroxylation sites is 1. The molecule has 0 aliphatic carbocycles. The molecule has 0 aromatic heterocycles. The van der Waals surface area contributed by atoms with Crippen molar-refractivity contribution in [3.63, 3.8) is 0 Å². The number of carbonyl (C=O) groups excluding carboxylic acids is 3. The van der Waals surface area contributed by atoms with Crippen LogP contribution in [0.5, 0.6) is 0 Å². The largest absolute Gasteiger partial charge is 0.352 e. The van der Waals surface area contributed by atoms with E-state index >= 15 is 0 Å². The van der Waals surface area contributed by atoms with Gasteiger partial charge in [0.2, 0.25) is 11.8 Å². The minimum atomic E-state index is -3.06. The van der Waals surface area contributed by atoms with Crippen molar-refractivity contribution in [2.45, 2.75) is 31.3 Å². The Morgan fingerprint density at radius 1 is 1.24 bits per heavy atom. The first kappa shape index (κ1) is 17.4. The average Bonchev–Trinajstić information content (AvgIpc) is 2.83. The molecule has 2 aliphatic rings. The lowest BCUT2D eigenvalue weighted by Gasteiger charge is -2.15. The molecular formula is C16H19N3O5S. The molecule has 2 unspecified atom stereocenters. The summed E-state index contributed by atoms with van der Waals surface area (Å²) in [6, 6.07) is 5.48. The minimum absolute atomic E-state index is 0.0191. The summed E-state index contributed by atoms with van der Waals surface area (Å²) in [7, 11) is -3.06. The number of hydrogen-bond acceptors (Lipinski definition) is 5. The zero-order chi connectivity index (χ0) is 18.0. The molecule has 9 heteroatoms. The van der Waals surface area contributed by atoms with Crippen molar-refractivity contribution in [2.75, 3.05) is 16.8 Å². The van der Waals surface area contributed by atoms with Gasteiger partial charge in [-0.15, -0.1) is 0 Å². The van der Waals surface area contributed by atoms with E-state index in [1.165, 1.54) is 0 Å². The molecule has 1 saturated heterocycles. The third-order valence-electron chi connectivity index (χ3n) is 4.31. The van der Waals surface area contributed by atoms with E-state index in [-0.39, 0.29) is 48.1 Å². The van der Waals surface area contributed by atoms with Gasteiger partial charge in [-0.25, -0.2) is 8.42 Å². The van der Waals surface area contributed by atoms with Crippen LogP contribution in [0.3, 0.4) is 0 Å². The highest BCUT2D eigenvalue weighted by atomic mass is 32.2. The maximum absolute atomic E-state index is 12.2. The van der Waals surface area contributed by atoms with Crippen LogP contribution in [0.25, 0.3) is 0 Å². The number of benzene rings is 1. The summed E-state index contributed by atoms with van der Waals surface area (Å²) in [5.74, 6) is -1.05. The lowest BCUT2D eigenvalue weighted by molar-refractivity contribution is -0.122. The normalized spacial score (nSPS) is 24.6. The van der Waals surface area contributed by atoms with E-state index < -0.39 is 15.9 Å². The first-order valence-corrected chi connectivity index (χ1v) is 9.87. The predicted molar refractivity (Wildman–Crippen MR) is 90.8 cm³/mol. The van der Waals surface area contributed by atoms with E-state index in [1.54, 1.807) is 24.3 Å². The lowest BCUT2D eigenvalue weighted by atomic mass is 10.1. The van der Waals surface area contributed by atoms with Gasteiger partial charge in [0.25, 0.3) is 5.91 Å². The maximum atomic E-state index is 12.2. The molecule has 2 atom stereocenters. The van der Waals surface area contributed by atoms with Crippen LogP contribution < -0.4 is 16.0 Å². The number of nitrogens with one attached hydrogen (secondary N) is 3. The molecule has 0 saturated carbocycles. The molecule has 3 rings (SSSR count). The number of carbonyl (C=O) groups is 3. The second kappa shape index (κ2) is 6.83. The second-order valence-electron chi connectivity index (χ2n) is 6.27. The Bertz CT molecular complexity index is 821. The van der Waals surface area contributed by atoms with Crippen molar-refractivity contribution in [3.8, 4) is 0 Å². The van der Waals surface area contributed by atoms with Crippen LogP contribution in [0.15, 0.2) is 24.3 Å². The standard InChI is InChI=1S/C16H19N3O5S/c20-14(17-10-7-8-25(23,24)9-10)6-5-13-16(22)18-12-4-2-1-3-11(12)15(21)19-13/h1-4,10,13H,5-9H2,(H,17,20)(H,18,22)(H,19,21). The smallest absolute Gasteiger partial charge is 0.254 e. The van der Waals surface area contributed by atoms with Gasteiger partial charge >= 0.3 is 0 Å². The molecular weight excluding hydrogens is 346 g/mol. The van der Waals surface area contributed by atoms with Crippen LogP contribution in [0.2, 0.25) is 0 Å². The van der Waals surface area contributed by atoms with E-state index in [0.717, 1.165) is 0 Å². The van der Waals surface area contributed by atoms with E-state index in [9.17, 15) is 22.8 Å². The Balaban J connectivity index is 1.56. The number of fused-ring (bicyclic) bond motifs is 1. The molecule has 1 aromatic rings. The molecule has 2 aliphatic heterocycles. The first-order valence-electron chi connectivity index (χ1n) is 8.04. The van der Waals surface area contributed by atoms with E-state index in [4.69, 9.17) is 0 Å². The van der Waals surface area contributed by atoms with Crippen LogP contribution in [-0.4, -0.2) is 49.7 Å². The van der Waals surface area contributed by atoms with Gasteiger partial charge in [0.15, 0.2) is 9.84 Å². The van der Waals surface area contributed by atoms with Crippen LogP contribution in [0.1, 0.15) is 29.6 Å². The summed E-state index contributed by atoms with van der Waals surface area (Å²) < 4.78 is 22.8. The summed E-state index contributed by atoms with van der Waals surface area (Å²) in [5, 5.41) is 7.97. The molecule has 1 aromatic carbocycles. The highest BCUT2D eigenvalue weighted by Gasteiger charge is 2.30. The van der Waals surface area contributed by atoms with Crippen molar-refractivity contribution >= 4 is 33.2 Å². The zero-order valence-electron chi connectivity index (χ0n) is 13.4. The van der Waals surface area contributed by atoms with E-state index in [0.29, 0.717) is 17.7 Å². The summed E-state index contributed by atoms with van der Waals surface area (Å²) >= 11 is 0. The Kier molecular flexibility index (Phi) is 4.76. The van der Waals surface area contributed by atoms with Gasteiger partial charge in [-0.1, -0.05) is 12.1 Å². The fourth-order valence-electron chi connectivity index (χ4n) is 3.00. The third-order valence-corrected chi connectivity index (χ3v) is 6.08. The van der Waals surface area contributed by atoms with Gasteiger partial charge in [-0.2, -0.15) is 0 Å². The minimum Gasteiger partial charge on any atom is -0.352 e. The summed E-state index contributed by atoms with van der Waals surface area (Å²) in [6.07, 6.45) is 0.562. The predicted octanol–water partition coefficient (Wildman–Crippen LogP) is -0.179. The summed E-state index contributed by atoms with van der Waals surface area (Å²) in [6.45, 7) is 0. The van der Waals surface area contributed by atoms with Crippen molar-refractivity contribution in [2.24, 2.45) is 0 Å². The van der Waals surface area contributed by atoms with Crippen LogP contribution in [0.4, 0.5) is 5.69 Å². The Labute approximate surface area is 145 Å². The highest BCUT2D eigenvalue weighted by molar-refractivity contribution is 7.91. The number of anilines is 1. The van der Waals surface area contributed by atoms with Crippen LogP contribution in [0, 0.1) is 0 Å². The summed E-state index contributed by atoms with van der Waals surface area (Å²) in [4.78, 5) is 36.4. The van der Waals surface area contributed by atoms with Crippen molar-refractivity contribution in [3.05, 3.63) is 29.8 Å². The van der Waals surface area contributed by atoms with Crippen molar-refractivity contribution in [1.29, 1.82) is 0 Å². The topological polar surface area (TPSA) is 121 Å². The molecule has 2 heterocycles. The Morgan fingerprint density at radius 3 is 2.72 bits per heavy atom. The molecule has 3 amide bonds. The monoisotopic (exact) mass is 365 g/mol. The quantitative estimate of drug-likeness (QED) is 0.683. The fraction of sp³-hybridized carbons (Fsp3) is 0.438. The van der Waals surface area contributed by atoms with Gasteiger partial charge in [-0.05, 0) is 25.0 Å². The van der Waals surface area contributed by atoms with Crippen molar-refractivity contribution < 1.29 is 22.8 Å². The number of sulfone groups is 1. The van der Waals surface area contributed by atoms with Gasteiger partial charge < -0.3 is 16.0 Å². The molecule has 8 nitrogen and oxygen atoms in total. The summed E-state index contributed by atoms with van der Waals surface area (Å²) in [5.41, 5.74) is 0.812. The van der Waals surface area contributed by atoms with Gasteiger partial charge in [0, 0.05) is 12.5 Å². The van der Waals surface area contributed by atoms with Crippen molar-refractivity contribution in [1.82, 2.24) is 10.6 Å². The Hall–Kier alpha value is -2.42. The first-order chi connectivity index (χ1) is 11.8. The molecule has 0 radical (unpaired) electrons. The third kappa shape index (κ3) is 4.16.